The topological polar surface area (TPSA) is 102 Å². The van der Waals surface area contributed by atoms with Crippen LogP contribution in [0.5, 0.6) is 5.75 Å². The summed E-state index contributed by atoms with van der Waals surface area (Å²) in [6.07, 6.45) is 0. The largest absolute Gasteiger partial charge is 0.497 e. The van der Waals surface area contributed by atoms with Gasteiger partial charge in [0.15, 0.2) is 9.84 Å². The normalized spacial score (nSPS) is 11.6. The summed E-state index contributed by atoms with van der Waals surface area (Å²) in [5.41, 5.74) is 1.02. The zero-order chi connectivity index (χ0) is 20.0. The summed E-state index contributed by atoms with van der Waals surface area (Å²) >= 11 is 0. The number of hydrogen-bond acceptors (Lipinski definition) is 7. The molecule has 0 fully saturated rings. The van der Waals surface area contributed by atoms with Gasteiger partial charge in [0.2, 0.25) is 11.8 Å². The Kier molecular flexibility index (Phi) is 6.98. The highest BCUT2D eigenvalue weighted by Gasteiger charge is 2.22. The van der Waals surface area contributed by atoms with Crippen LogP contribution in [-0.4, -0.2) is 64.3 Å². The number of methoxy groups -OCH3 is 1. The lowest BCUT2D eigenvalue weighted by Gasteiger charge is -2.10. The molecule has 0 unspecified atom stereocenters. The van der Waals surface area contributed by atoms with Crippen molar-refractivity contribution >= 4 is 15.7 Å². The van der Waals surface area contributed by atoms with Crippen molar-refractivity contribution in [1.82, 2.24) is 15.2 Å². The van der Waals surface area contributed by atoms with Crippen LogP contribution in [0, 0.1) is 6.92 Å². The number of benzene rings is 1. The van der Waals surface area contributed by atoms with Gasteiger partial charge in [0, 0.05) is 18.7 Å². The van der Waals surface area contributed by atoms with E-state index in [1.54, 1.807) is 38.3 Å². The van der Waals surface area contributed by atoms with Gasteiger partial charge in [-0.2, -0.15) is 0 Å². The van der Waals surface area contributed by atoms with Crippen molar-refractivity contribution in [2.45, 2.75) is 12.7 Å². The summed E-state index contributed by atoms with van der Waals surface area (Å²) in [5, 5.41) is 2.60. The molecule has 0 bridgehead atoms. The second kappa shape index (κ2) is 9.01. The number of aryl methyl sites for hydroxylation is 1. The quantitative estimate of drug-likeness (QED) is 0.682. The van der Waals surface area contributed by atoms with Crippen molar-refractivity contribution in [3.05, 3.63) is 35.7 Å². The predicted molar refractivity (Wildman–Crippen MR) is 102 cm³/mol. The second-order valence-electron chi connectivity index (χ2n) is 6.44. The van der Waals surface area contributed by atoms with E-state index in [0.717, 1.165) is 0 Å². The van der Waals surface area contributed by atoms with Crippen LogP contribution in [0.2, 0.25) is 0 Å². The smallest absolute Gasteiger partial charge is 0.235 e. The summed E-state index contributed by atoms with van der Waals surface area (Å²) in [4.78, 5) is 18.0. The average molecular weight is 395 g/mol. The molecule has 2 aromatic rings. The number of nitrogens with zero attached hydrogens (tertiary/aromatic N) is 2. The summed E-state index contributed by atoms with van der Waals surface area (Å²) in [6.45, 7) is 2.69. The lowest BCUT2D eigenvalue weighted by atomic mass is 10.2. The second-order valence-corrected chi connectivity index (χ2v) is 8.50. The van der Waals surface area contributed by atoms with Crippen LogP contribution in [0.1, 0.15) is 11.5 Å². The molecule has 0 atom stereocenters. The van der Waals surface area contributed by atoms with Gasteiger partial charge in [0.25, 0.3) is 0 Å². The minimum Gasteiger partial charge on any atom is -0.497 e. The van der Waals surface area contributed by atoms with Crippen molar-refractivity contribution < 1.29 is 22.4 Å². The van der Waals surface area contributed by atoms with E-state index in [4.69, 9.17) is 9.15 Å². The van der Waals surface area contributed by atoms with Gasteiger partial charge in [0.05, 0.1) is 18.6 Å². The van der Waals surface area contributed by atoms with Gasteiger partial charge >= 0.3 is 0 Å². The fourth-order valence-electron chi connectivity index (χ4n) is 2.35. The molecule has 8 nitrogen and oxygen atoms in total. The van der Waals surface area contributed by atoms with Crippen molar-refractivity contribution in [3.8, 4) is 17.2 Å². The summed E-state index contributed by atoms with van der Waals surface area (Å²) < 4.78 is 35.3. The molecule has 1 heterocycles. The molecule has 27 heavy (non-hydrogen) atoms. The Bertz CT molecular complexity index is 873. The standard InChI is InChI=1S/C18H25N3O5S/c1-13-16(11-27(23,24)12-17(22)19-9-10-21(2)3)20-18(26-13)14-5-7-15(25-4)8-6-14/h5-8H,9-12H2,1-4H3,(H,19,22). The Labute approximate surface area is 159 Å². The van der Waals surface area contributed by atoms with Crippen LogP contribution < -0.4 is 10.1 Å². The van der Waals surface area contributed by atoms with Crippen LogP contribution in [0.4, 0.5) is 0 Å². The molecule has 1 aromatic carbocycles. The van der Waals surface area contributed by atoms with Crippen LogP contribution >= 0.6 is 0 Å². The third-order valence-corrected chi connectivity index (χ3v) is 5.23. The van der Waals surface area contributed by atoms with Crippen LogP contribution in [0.3, 0.4) is 0 Å². The molecule has 148 valence electrons. The van der Waals surface area contributed by atoms with E-state index in [1.165, 1.54) is 0 Å². The molecule has 0 saturated heterocycles. The molecular formula is C18H25N3O5S. The zero-order valence-corrected chi connectivity index (χ0v) is 16.8. The SMILES string of the molecule is COc1ccc(-c2nc(CS(=O)(=O)CC(=O)NCCN(C)C)c(C)o2)cc1. The highest BCUT2D eigenvalue weighted by atomic mass is 32.2. The minimum atomic E-state index is -3.65. The van der Waals surface area contributed by atoms with Crippen molar-refractivity contribution in [1.29, 1.82) is 0 Å². The van der Waals surface area contributed by atoms with Gasteiger partial charge in [0.1, 0.15) is 17.3 Å². The summed E-state index contributed by atoms with van der Waals surface area (Å²) in [6, 6.07) is 7.09. The monoisotopic (exact) mass is 395 g/mol. The zero-order valence-electron chi connectivity index (χ0n) is 16.0. The van der Waals surface area contributed by atoms with Gasteiger partial charge in [-0.1, -0.05) is 0 Å². The van der Waals surface area contributed by atoms with E-state index in [1.807, 2.05) is 19.0 Å². The molecule has 0 aliphatic heterocycles. The van der Waals surface area contributed by atoms with Gasteiger partial charge in [-0.25, -0.2) is 13.4 Å². The highest BCUT2D eigenvalue weighted by molar-refractivity contribution is 7.91. The molecular weight excluding hydrogens is 370 g/mol. The van der Waals surface area contributed by atoms with Crippen LogP contribution in [0.15, 0.2) is 28.7 Å². The molecule has 0 saturated carbocycles. The van der Waals surface area contributed by atoms with Gasteiger partial charge < -0.3 is 19.4 Å². The number of carbonyl (C=O) groups is 1. The molecule has 0 spiro atoms. The third-order valence-electron chi connectivity index (χ3n) is 3.82. The molecule has 1 N–H and O–H groups in total. The van der Waals surface area contributed by atoms with E-state index in [9.17, 15) is 13.2 Å². The third kappa shape index (κ3) is 6.37. The number of sulfone groups is 1. The Balaban J connectivity index is 2.03. The van der Waals surface area contributed by atoms with E-state index in [0.29, 0.717) is 41.7 Å². The predicted octanol–water partition coefficient (Wildman–Crippen LogP) is 1.25. The van der Waals surface area contributed by atoms with Crippen molar-refractivity contribution in [2.24, 2.45) is 0 Å². The first kappa shape index (κ1) is 20.9. The summed E-state index contributed by atoms with van der Waals surface area (Å²) in [7, 11) is 1.66. The number of amides is 1. The number of aromatic nitrogens is 1. The minimum absolute atomic E-state index is 0.307. The molecule has 2 rings (SSSR count). The maximum absolute atomic E-state index is 12.3. The number of nitrogens with one attached hydrogen (secondary N) is 1. The number of oxazole rings is 1. The molecule has 1 aromatic heterocycles. The highest BCUT2D eigenvalue weighted by Crippen LogP contribution is 2.24. The molecule has 0 aliphatic carbocycles. The Morgan fingerprint density at radius 1 is 1.26 bits per heavy atom. The van der Waals surface area contributed by atoms with Gasteiger partial charge in [-0.3, -0.25) is 4.79 Å². The Morgan fingerprint density at radius 2 is 1.93 bits per heavy atom. The van der Waals surface area contributed by atoms with Crippen molar-refractivity contribution in [3.63, 3.8) is 0 Å². The van der Waals surface area contributed by atoms with Gasteiger partial charge in [-0.15, -0.1) is 0 Å². The van der Waals surface area contributed by atoms with E-state index < -0.39 is 21.5 Å². The Morgan fingerprint density at radius 3 is 2.52 bits per heavy atom. The number of rotatable bonds is 9. The van der Waals surface area contributed by atoms with Gasteiger partial charge in [-0.05, 0) is 45.3 Å². The number of likely N-dealkylation sites (N-methyl/N-ethyl adjacent to an activating group) is 1. The van der Waals surface area contributed by atoms with Crippen molar-refractivity contribution in [2.75, 3.05) is 40.0 Å². The number of hydrogen-bond donors (Lipinski definition) is 1. The molecule has 1 amide bonds. The maximum atomic E-state index is 12.3. The van der Waals surface area contributed by atoms with Crippen LogP contribution in [-0.2, 0) is 20.4 Å². The first-order valence-electron chi connectivity index (χ1n) is 8.43. The maximum Gasteiger partial charge on any atom is 0.235 e. The first-order valence-corrected chi connectivity index (χ1v) is 10.2. The average Bonchev–Trinajstić information content (AvgIpc) is 2.94. The molecule has 0 radical (unpaired) electrons. The van der Waals surface area contributed by atoms with E-state index in [-0.39, 0.29) is 5.75 Å². The fourth-order valence-corrected chi connectivity index (χ4v) is 3.64. The summed E-state index contributed by atoms with van der Waals surface area (Å²) in [5.74, 6) is -0.00355. The Hall–Kier alpha value is -2.39. The lowest BCUT2D eigenvalue weighted by molar-refractivity contribution is -0.118. The molecule has 0 aliphatic rings. The van der Waals surface area contributed by atoms with E-state index in [2.05, 4.69) is 10.3 Å². The van der Waals surface area contributed by atoms with Crippen LogP contribution in [0.25, 0.3) is 11.5 Å². The molecule has 9 heteroatoms. The first-order chi connectivity index (χ1) is 12.7. The fraction of sp³-hybridized carbons (Fsp3) is 0.444. The number of ether oxygens (including phenoxy) is 1. The number of carbonyl (C=O) groups excluding carboxylic acids is 1. The van der Waals surface area contributed by atoms with E-state index >= 15 is 0 Å². The lowest BCUT2D eigenvalue weighted by Crippen LogP contribution is -2.35.